The highest BCUT2D eigenvalue weighted by Gasteiger charge is 2.08. The summed E-state index contributed by atoms with van der Waals surface area (Å²) in [7, 11) is 0. The Balaban J connectivity index is 2.89. The SMILES string of the molecule is CCOc1ccc([C@@H](N)CC)c(Br)c1. The molecule has 14 heavy (non-hydrogen) atoms. The number of ether oxygens (including phenoxy) is 1. The zero-order valence-corrected chi connectivity index (χ0v) is 10.2. The normalized spacial score (nSPS) is 12.6. The standard InChI is InChI=1S/C11H16BrNO/c1-3-11(13)9-6-5-8(14-4-2)7-10(9)12/h5-7,11H,3-4,13H2,1-2H3/t11-/m0/s1. The second kappa shape index (κ2) is 5.37. The minimum absolute atomic E-state index is 0.0973. The van der Waals surface area contributed by atoms with Crippen molar-refractivity contribution in [2.45, 2.75) is 26.3 Å². The monoisotopic (exact) mass is 257 g/mol. The van der Waals surface area contributed by atoms with E-state index in [1.807, 2.05) is 25.1 Å². The summed E-state index contributed by atoms with van der Waals surface area (Å²) in [5.41, 5.74) is 7.08. The lowest BCUT2D eigenvalue weighted by molar-refractivity contribution is 0.340. The first-order chi connectivity index (χ1) is 6.69. The minimum atomic E-state index is 0.0973. The summed E-state index contributed by atoms with van der Waals surface area (Å²) in [6, 6.07) is 6.04. The third-order valence-corrected chi connectivity index (χ3v) is 2.81. The van der Waals surface area contributed by atoms with Gasteiger partial charge in [-0.25, -0.2) is 0 Å². The highest BCUT2D eigenvalue weighted by molar-refractivity contribution is 9.10. The second-order valence-corrected chi connectivity index (χ2v) is 3.99. The van der Waals surface area contributed by atoms with Crippen LogP contribution in [0.1, 0.15) is 31.9 Å². The van der Waals surface area contributed by atoms with Crippen LogP contribution >= 0.6 is 15.9 Å². The Hall–Kier alpha value is -0.540. The molecule has 0 saturated carbocycles. The summed E-state index contributed by atoms with van der Waals surface area (Å²) in [5.74, 6) is 0.881. The molecule has 0 aliphatic carbocycles. The molecule has 0 spiro atoms. The maximum absolute atomic E-state index is 5.95. The van der Waals surface area contributed by atoms with Gasteiger partial charge in [0.1, 0.15) is 5.75 Å². The molecule has 0 aromatic heterocycles. The molecule has 0 bridgehead atoms. The molecule has 2 N–H and O–H groups in total. The smallest absolute Gasteiger partial charge is 0.120 e. The van der Waals surface area contributed by atoms with Gasteiger partial charge in [0, 0.05) is 10.5 Å². The molecule has 0 radical (unpaired) electrons. The molecule has 0 unspecified atom stereocenters. The van der Waals surface area contributed by atoms with Gasteiger partial charge in [-0.2, -0.15) is 0 Å². The summed E-state index contributed by atoms with van der Waals surface area (Å²) in [5, 5.41) is 0. The van der Waals surface area contributed by atoms with E-state index >= 15 is 0 Å². The topological polar surface area (TPSA) is 35.2 Å². The van der Waals surface area contributed by atoms with E-state index in [0.29, 0.717) is 6.61 Å². The molecule has 0 aliphatic heterocycles. The lowest BCUT2D eigenvalue weighted by Gasteiger charge is -2.12. The molecule has 1 aromatic rings. The van der Waals surface area contributed by atoms with E-state index in [4.69, 9.17) is 10.5 Å². The molecule has 1 aromatic carbocycles. The number of nitrogens with two attached hydrogens (primary N) is 1. The van der Waals surface area contributed by atoms with Crippen molar-refractivity contribution in [3.63, 3.8) is 0 Å². The first-order valence-electron chi connectivity index (χ1n) is 4.86. The van der Waals surface area contributed by atoms with Crippen molar-refractivity contribution in [3.8, 4) is 5.75 Å². The van der Waals surface area contributed by atoms with Gasteiger partial charge in [-0.05, 0) is 31.0 Å². The highest BCUT2D eigenvalue weighted by atomic mass is 79.9. The van der Waals surface area contributed by atoms with Crippen LogP contribution in [0.2, 0.25) is 0 Å². The van der Waals surface area contributed by atoms with Gasteiger partial charge in [0.15, 0.2) is 0 Å². The Morgan fingerprint density at radius 1 is 1.43 bits per heavy atom. The second-order valence-electron chi connectivity index (χ2n) is 3.13. The summed E-state index contributed by atoms with van der Waals surface area (Å²) in [6.07, 6.45) is 0.937. The van der Waals surface area contributed by atoms with Gasteiger partial charge in [-0.15, -0.1) is 0 Å². The molecular formula is C11H16BrNO. The number of rotatable bonds is 4. The van der Waals surface area contributed by atoms with Crippen LogP contribution in [0.5, 0.6) is 5.75 Å². The zero-order valence-electron chi connectivity index (χ0n) is 8.59. The lowest BCUT2D eigenvalue weighted by atomic mass is 10.1. The zero-order chi connectivity index (χ0) is 10.6. The van der Waals surface area contributed by atoms with E-state index in [-0.39, 0.29) is 6.04 Å². The average molecular weight is 258 g/mol. The fourth-order valence-electron chi connectivity index (χ4n) is 1.28. The van der Waals surface area contributed by atoms with Crippen LogP contribution in [0.3, 0.4) is 0 Å². The van der Waals surface area contributed by atoms with Crippen LogP contribution < -0.4 is 10.5 Å². The fraction of sp³-hybridized carbons (Fsp3) is 0.455. The molecule has 1 atom stereocenters. The molecule has 3 heteroatoms. The predicted octanol–water partition coefficient (Wildman–Crippen LogP) is 3.26. The predicted molar refractivity (Wildman–Crippen MR) is 62.5 cm³/mol. The molecule has 0 heterocycles. The number of halogens is 1. The summed E-state index contributed by atoms with van der Waals surface area (Å²) >= 11 is 3.50. The Morgan fingerprint density at radius 3 is 2.64 bits per heavy atom. The summed E-state index contributed by atoms with van der Waals surface area (Å²) in [4.78, 5) is 0. The number of hydrogen-bond donors (Lipinski definition) is 1. The van der Waals surface area contributed by atoms with Crippen LogP contribution in [0.4, 0.5) is 0 Å². The van der Waals surface area contributed by atoms with Gasteiger partial charge < -0.3 is 10.5 Å². The molecule has 0 amide bonds. The van der Waals surface area contributed by atoms with Crippen molar-refractivity contribution >= 4 is 15.9 Å². The van der Waals surface area contributed by atoms with Crippen molar-refractivity contribution in [2.24, 2.45) is 5.73 Å². The Kier molecular flexibility index (Phi) is 4.42. The molecule has 1 rings (SSSR count). The van der Waals surface area contributed by atoms with Crippen molar-refractivity contribution < 1.29 is 4.74 Å². The van der Waals surface area contributed by atoms with E-state index in [1.54, 1.807) is 0 Å². The van der Waals surface area contributed by atoms with Crippen molar-refractivity contribution in [1.29, 1.82) is 0 Å². The van der Waals surface area contributed by atoms with Crippen LogP contribution in [-0.4, -0.2) is 6.61 Å². The molecule has 78 valence electrons. The van der Waals surface area contributed by atoms with Gasteiger partial charge in [-0.1, -0.05) is 28.9 Å². The third-order valence-electron chi connectivity index (χ3n) is 2.12. The van der Waals surface area contributed by atoms with Crippen molar-refractivity contribution in [2.75, 3.05) is 6.61 Å². The maximum atomic E-state index is 5.95. The van der Waals surface area contributed by atoms with E-state index in [9.17, 15) is 0 Å². The fourth-order valence-corrected chi connectivity index (χ4v) is 1.94. The Labute approximate surface area is 93.6 Å². The lowest BCUT2D eigenvalue weighted by Crippen LogP contribution is -2.09. The number of hydrogen-bond acceptors (Lipinski definition) is 2. The van der Waals surface area contributed by atoms with Crippen LogP contribution in [0, 0.1) is 0 Å². The summed E-state index contributed by atoms with van der Waals surface area (Å²) < 4.78 is 6.41. The van der Waals surface area contributed by atoms with E-state index in [0.717, 1.165) is 22.2 Å². The van der Waals surface area contributed by atoms with Gasteiger partial charge >= 0.3 is 0 Å². The minimum Gasteiger partial charge on any atom is -0.494 e. The van der Waals surface area contributed by atoms with Gasteiger partial charge in [-0.3, -0.25) is 0 Å². The Morgan fingerprint density at radius 2 is 2.14 bits per heavy atom. The van der Waals surface area contributed by atoms with Gasteiger partial charge in [0.05, 0.1) is 6.61 Å². The third kappa shape index (κ3) is 2.72. The van der Waals surface area contributed by atoms with E-state index in [2.05, 4.69) is 22.9 Å². The number of benzene rings is 1. The molecule has 0 aliphatic rings. The summed E-state index contributed by atoms with van der Waals surface area (Å²) in [6.45, 7) is 4.73. The molecular weight excluding hydrogens is 242 g/mol. The van der Waals surface area contributed by atoms with Crippen LogP contribution in [0.25, 0.3) is 0 Å². The molecule has 2 nitrogen and oxygen atoms in total. The molecule has 0 saturated heterocycles. The van der Waals surface area contributed by atoms with Crippen molar-refractivity contribution in [3.05, 3.63) is 28.2 Å². The first-order valence-corrected chi connectivity index (χ1v) is 5.66. The largest absolute Gasteiger partial charge is 0.494 e. The van der Waals surface area contributed by atoms with E-state index < -0.39 is 0 Å². The van der Waals surface area contributed by atoms with E-state index in [1.165, 1.54) is 0 Å². The van der Waals surface area contributed by atoms with Crippen LogP contribution in [-0.2, 0) is 0 Å². The maximum Gasteiger partial charge on any atom is 0.120 e. The van der Waals surface area contributed by atoms with Crippen molar-refractivity contribution in [1.82, 2.24) is 0 Å². The average Bonchev–Trinajstić information content (AvgIpc) is 2.17. The quantitative estimate of drug-likeness (QED) is 0.899. The van der Waals surface area contributed by atoms with Gasteiger partial charge in [0.2, 0.25) is 0 Å². The first kappa shape index (κ1) is 11.5. The van der Waals surface area contributed by atoms with Gasteiger partial charge in [0.25, 0.3) is 0 Å². The molecule has 0 fully saturated rings. The van der Waals surface area contributed by atoms with Crippen LogP contribution in [0.15, 0.2) is 22.7 Å². The highest BCUT2D eigenvalue weighted by Crippen LogP contribution is 2.27. The Bertz CT molecular complexity index is 301.